The normalized spacial score (nSPS) is 18.8. The Morgan fingerprint density at radius 1 is 1.13 bits per heavy atom. The Morgan fingerprint density at radius 3 is 2.57 bits per heavy atom. The first-order chi connectivity index (χ1) is 14.5. The molecule has 4 N–H and O–H groups in total. The first kappa shape index (κ1) is 19.9. The molecule has 2 amide bonds. The molecule has 4 rings (SSSR count). The number of benzene rings is 1. The van der Waals surface area contributed by atoms with Crippen molar-refractivity contribution in [3.05, 3.63) is 40.2 Å². The number of aromatic amines is 1. The second kappa shape index (κ2) is 8.56. The van der Waals surface area contributed by atoms with Gasteiger partial charge in [-0.2, -0.15) is 4.98 Å². The lowest BCUT2D eigenvalue weighted by Crippen LogP contribution is -2.43. The monoisotopic (exact) mass is 411 g/mol. The van der Waals surface area contributed by atoms with Gasteiger partial charge in [-0.3, -0.25) is 19.4 Å². The quantitative estimate of drug-likeness (QED) is 0.599. The minimum atomic E-state index is -0.845. The lowest BCUT2D eigenvalue weighted by molar-refractivity contribution is -0.127. The lowest BCUT2D eigenvalue weighted by atomic mass is 9.90. The number of aromatic nitrogens is 2. The van der Waals surface area contributed by atoms with Crippen molar-refractivity contribution in [1.82, 2.24) is 15.3 Å². The number of methoxy groups -OCH3 is 1. The predicted molar refractivity (Wildman–Crippen MR) is 112 cm³/mol. The molecule has 1 atom stereocenters. The molecule has 0 bridgehead atoms. The largest absolute Gasteiger partial charge is 0.497 e. The predicted octanol–water partition coefficient (Wildman–Crippen LogP) is 2.40. The first-order valence-corrected chi connectivity index (χ1v) is 10.2. The Balaban J connectivity index is 1.57. The standard InChI is InChI=1S/C21H25N5O4/c1-30-14-9-7-13(8-10-14)23-21-25-18-17(20(29)26-21)15(11-16(27)24-18)19(28)22-12-5-3-2-4-6-12/h7-10,12,15H,2-6,11H2,1H3,(H,22,28)(H3,23,24,25,26,27,29)/t15-/m1/s1. The van der Waals surface area contributed by atoms with E-state index in [1.807, 2.05) is 0 Å². The van der Waals surface area contributed by atoms with Crippen LogP contribution in [-0.2, 0) is 9.59 Å². The number of amides is 2. The third kappa shape index (κ3) is 4.29. The number of carbonyl (C=O) groups is 2. The van der Waals surface area contributed by atoms with Crippen molar-refractivity contribution in [2.45, 2.75) is 50.5 Å². The van der Waals surface area contributed by atoms with Crippen LogP contribution in [0.5, 0.6) is 5.75 Å². The van der Waals surface area contributed by atoms with E-state index in [1.165, 1.54) is 6.42 Å². The minimum Gasteiger partial charge on any atom is -0.497 e. The molecule has 158 valence electrons. The summed E-state index contributed by atoms with van der Waals surface area (Å²) >= 11 is 0. The highest BCUT2D eigenvalue weighted by atomic mass is 16.5. The number of hydrogen-bond donors (Lipinski definition) is 4. The molecule has 30 heavy (non-hydrogen) atoms. The third-order valence-corrected chi connectivity index (χ3v) is 5.57. The summed E-state index contributed by atoms with van der Waals surface area (Å²) in [6, 6.07) is 7.19. The second-order valence-electron chi connectivity index (χ2n) is 7.68. The molecular formula is C21H25N5O4. The Labute approximate surface area is 173 Å². The summed E-state index contributed by atoms with van der Waals surface area (Å²) in [6.45, 7) is 0. The summed E-state index contributed by atoms with van der Waals surface area (Å²) in [5.41, 5.74) is 0.440. The van der Waals surface area contributed by atoms with E-state index in [0.717, 1.165) is 25.7 Å². The van der Waals surface area contributed by atoms with Crippen molar-refractivity contribution in [3.8, 4) is 5.75 Å². The summed E-state index contributed by atoms with van der Waals surface area (Å²) in [4.78, 5) is 44.9. The summed E-state index contributed by atoms with van der Waals surface area (Å²) < 4.78 is 5.13. The summed E-state index contributed by atoms with van der Waals surface area (Å²) in [5, 5.41) is 8.64. The van der Waals surface area contributed by atoms with Crippen molar-refractivity contribution in [2.24, 2.45) is 0 Å². The average Bonchev–Trinajstić information content (AvgIpc) is 2.74. The van der Waals surface area contributed by atoms with Crippen LogP contribution in [0, 0.1) is 0 Å². The number of H-pyrrole nitrogens is 1. The van der Waals surface area contributed by atoms with Crippen molar-refractivity contribution >= 4 is 29.3 Å². The molecule has 1 aromatic heterocycles. The topological polar surface area (TPSA) is 125 Å². The van der Waals surface area contributed by atoms with Crippen LogP contribution in [0.25, 0.3) is 0 Å². The molecule has 2 aliphatic rings. The SMILES string of the molecule is COc1ccc(Nc2nc3c(c(=O)[nH]2)[C@H](C(=O)NC2CCCCC2)CC(=O)N3)cc1. The van der Waals surface area contributed by atoms with Crippen molar-refractivity contribution in [2.75, 3.05) is 17.7 Å². The van der Waals surface area contributed by atoms with Gasteiger partial charge in [0.05, 0.1) is 18.6 Å². The maximum Gasteiger partial charge on any atom is 0.258 e. The number of carbonyl (C=O) groups excluding carboxylic acids is 2. The molecule has 9 nitrogen and oxygen atoms in total. The van der Waals surface area contributed by atoms with E-state index < -0.39 is 11.5 Å². The van der Waals surface area contributed by atoms with Crippen LogP contribution in [0.2, 0.25) is 0 Å². The molecule has 1 aromatic carbocycles. The first-order valence-electron chi connectivity index (χ1n) is 10.2. The fourth-order valence-electron chi connectivity index (χ4n) is 4.01. The zero-order valence-corrected chi connectivity index (χ0v) is 16.8. The summed E-state index contributed by atoms with van der Waals surface area (Å²) in [6.07, 6.45) is 5.12. The van der Waals surface area contributed by atoms with E-state index in [0.29, 0.717) is 11.4 Å². The van der Waals surface area contributed by atoms with Crippen molar-refractivity contribution < 1.29 is 14.3 Å². The van der Waals surface area contributed by atoms with Gasteiger partial charge in [0, 0.05) is 18.2 Å². The summed E-state index contributed by atoms with van der Waals surface area (Å²) in [5.74, 6) is -0.471. The highest BCUT2D eigenvalue weighted by molar-refractivity contribution is 6.00. The molecule has 0 unspecified atom stereocenters. The number of rotatable bonds is 5. The van der Waals surface area contributed by atoms with E-state index in [-0.39, 0.29) is 41.6 Å². The van der Waals surface area contributed by atoms with Crippen LogP contribution in [0.4, 0.5) is 17.5 Å². The maximum atomic E-state index is 12.9. The van der Waals surface area contributed by atoms with E-state index >= 15 is 0 Å². The highest BCUT2D eigenvalue weighted by Gasteiger charge is 2.35. The highest BCUT2D eigenvalue weighted by Crippen LogP contribution is 2.30. The van der Waals surface area contributed by atoms with Gasteiger partial charge in [-0.05, 0) is 37.1 Å². The number of anilines is 3. The van der Waals surface area contributed by atoms with Gasteiger partial charge in [-0.15, -0.1) is 0 Å². The van der Waals surface area contributed by atoms with Gasteiger partial charge in [0.1, 0.15) is 11.6 Å². The van der Waals surface area contributed by atoms with Crippen LogP contribution in [0.1, 0.15) is 50.0 Å². The fraction of sp³-hybridized carbons (Fsp3) is 0.429. The van der Waals surface area contributed by atoms with Gasteiger partial charge in [0.15, 0.2) is 0 Å². The molecule has 0 saturated heterocycles. The molecule has 9 heteroatoms. The van der Waals surface area contributed by atoms with Gasteiger partial charge in [0.2, 0.25) is 17.8 Å². The molecule has 0 spiro atoms. The van der Waals surface area contributed by atoms with E-state index in [9.17, 15) is 14.4 Å². The number of ether oxygens (including phenoxy) is 1. The maximum absolute atomic E-state index is 12.9. The molecule has 1 aliphatic heterocycles. The molecule has 2 aromatic rings. The van der Waals surface area contributed by atoms with Gasteiger partial charge in [0.25, 0.3) is 5.56 Å². The van der Waals surface area contributed by atoms with Gasteiger partial charge in [-0.25, -0.2) is 0 Å². The minimum absolute atomic E-state index is 0.0679. The van der Waals surface area contributed by atoms with Gasteiger partial charge < -0.3 is 20.7 Å². The molecular weight excluding hydrogens is 386 g/mol. The smallest absolute Gasteiger partial charge is 0.258 e. The number of nitrogens with zero attached hydrogens (tertiary/aromatic N) is 1. The van der Waals surface area contributed by atoms with Gasteiger partial charge >= 0.3 is 0 Å². The van der Waals surface area contributed by atoms with Gasteiger partial charge in [-0.1, -0.05) is 19.3 Å². The fourth-order valence-corrected chi connectivity index (χ4v) is 4.01. The van der Waals surface area contributed by atoms with Crippen LogP contribution < -0.4 is 26.2 Å². The van der Waals surface area contributed by atoms with Crippen LogP contribution in [0.15, 0.2) is 29.1 Å². The lowest BCUT2D eigenvalue weighted by Gasteiger charge is -2.27. The Kier molecular flexibility index (Phi) is 5.69. The van der Waals surface area contributed by atoms with Crippen LogP contribution in [0.3, 0.4) is 0 Å². The zero-order valence-electron chi connectivity index (χ0n) is 16.8. The van der Waals surface area contributed by atoms with E-state index in [2.05, 4.69) is 25.9 Å². The number of hydrogen-bond acceptors (Lipinski definition) is 6. The van der Waals surface area contributed by atoms with Crippen molar-refractivity contribution in [3.63, 3.8) is 0 Å². The third-order valence-electron chi connectivity index (χ3n) is 5.57. The van der Waals surface area contributed by atoms with Crippen LogP contribution >= 0.6 is 0 Å². The Hall–Kier alpha value is -3.36. The Morgan fingerprint density at radius 2 is 1.87 bits per heavy atom. The Bertz CT molecular complexity index is 995. The average molecular weight is 411 g/mol. The molecule has 1 saturated carbocycles. The number of fused-ring (bicyclic) bond motifs is 1. The molecule has 1 aliphatic carbocycles. The zero-order chi connectivity index (χ0) is 21.1. The second-order valence-corrected chi connectivity index (χ2v) is 7.68. The molecule has 1 fully saturated rings. The van der Waals surface area contributed by atoms with Crippen LogP contribution in [-0.4, -0.2) is 34.9 Å². The van der Waals surface area contributed by atoms with E-state index in [1.54, 1.807) is 31.4 Å². The van der Waals surface area contributed by atoms with Crippen molar-refractivity contribution in [1.29, 1.82) is 0 Å². The summed E-state index contributed by atoms with van der Waals surface area (Å²) in [7, 11) is 1.58. The molecule has 0 radical (unpaired) electrons. The van der Waals surface area contributed by atoms with E-state index in [4.69, 9.17) is 4.74 Å². The molecule has 2 heterocycles. The number of nitrogens with one attached hydrogen (secondary N) is 4.